The van der Waals surface area contributed by atoms with Crippen molar-refractivity contribution in [2.75, 3.05) is 20.1 Å². The Morgan fingerprint density at radius 2 is 1.73 bits per heavy atom. The van der Waals surface area contributed by atoms with E-state index in [1.165, 1.54) is 11.9 Å². The standard InChI is InChI=1S/C26H38F3N5O6/c1-24(2,3)19(33-15(35)10-26(27,28)29)23(40)34-11-13-16(25(13,4)5)17(34)21(38)32-14(18(36)22(39)30-6)9-12-7-8-31-20(12)37/h12-14,16-17,19H,7-11H2,1-6H3,(H,30,39)(H,31,37)(H,32,38)(H,33,35)/t12-,13-,14-,16-,17-,19?/m0/s1. The Kier molecular flexibility index (Phi) is 8.62. The molecule has 0 spiro atoms. The number of alkyl halides is 3. The second-order valence-electron chi connectivity index (χ2n) is 12.6. The van der Waals surface area contributed by atoms with E-state index in [0.717, 1.165) is 0 Å². The average molecular weight is 574 g/mol. The maximum Gasteiger partial charge on any atom is 0.397 e. The van der Waals surface area contributed by atoms with Crippen LogP contribution in [0.15, 0.2) is 0 Å². The summed E-state index contributed by atoms with van der Waals surface area (Å²) < 4.78 is 38.4. The van der Waals surface area contributed by atoms with Gasteiger partial charge in [-0.15, -0.1) is 0 Å². The fraction of sp³-hybridized carbons (Fsp3) is 0.769. The number of Topliss-reactive ketones (excluding diaryl/α,β-unsaturated/α-hetero) is 1. The number of nitrogens with zero attached hydrogens (tertiary/aromatic N) is 1. The van der Waals surface area contributed by atoms with Crippen molar-refractivity contribution in [1.82, 2.24) is 26.2 Å². The molecule has 2 heterocycles. The zero-order chi connectivity index (χ0) is 30.4. The number of likely N-dealkylation sites (N-methyl/N-ethyl adjacent to an activating group) is 1. The largest absolute Gasteiger partial charge is 0.397 e. The summed E-state index contributed by atoms with van der Waals surface area (Å²) in [5.41, 5.74) is -1.32. The first kappa shape index (κ1) is 31.3. The zero-order valence-electron chi connectivity index (χ0n) is 23.5. The fourth-order valence-electron chi connectivity index (χ4n) is 5.95. The highest BCUT2D eigenvalue weighted by molar-refractivity contribution is 6.38. The molecule has 0 aromatic carbocycles. The average Bonchev–Trinajstić information content (AvgIpc) is 3.18. The minimum Gasteiger partial charge on any atom is -0.356 e. The first-order valence-electron chi connectivity index (χ1n) is 13.3. The Labute approximate surface area is 230 Å². The molecule has 224 valence electrons. The van der Waals surface area contributed by atoms with E-state index in [-0.39, 0.29) is 36.1 Å². The monoisotopic (exact) mass is 573 g/mol. The Hall–Kier alpha value is -3.19. The number of amides is 5. The molecule has 0 aromatic rings. The van der Waals surface area contributed by atoms with E-state index in [2.05, 4.69) is 21.3 Å². The number of piperidine rings is 1. The van der Waals surface area contributed by atoms with Gasteiger partial charge in [-0.3, -0.25) is 28.8 Å². The molecule has 0 bridgehead atoms. The van der Waals surface area contributed by atoms with Crippen molar-refractivity contribution in [2.45, 2.75) is 78.2 Å². The maximum atomic E-state index is 13.7. The summed E-state index contributed by atoms with van der Waals surface area (Å²) in [6.07, 6.45) is -6.21. The van der Waals surface area contributed by atoms with Crippen LogP contribution in [-0.2, 0) is 28.8 Å². The van der Waals surface area contributed by atoms with Crippen LogP contribution in [-0.4, -0.2) is 84.7 Å². The highest BCUT2D eigenvalue weighted by atomic mass is 19.4. The van der Waals surface area contributed by atoms with Crippen molar-refractivity contribution in [3.8, 4) is 0 Å². The maximum absolute atomic E-state index is 13.7. The molecule has 5 amide bonds. The quantitative estimate of drug-likeness (QED) is 0.291. The van der Waals surface area contributed by atoms with Crippen molar-refractivity contribution in [1.29, 1.82) is 0 Å². The van der Waals surface area contributed by atoms with Gasteiger partial charge in [0.2, 0.25) is 29.4 Å². The van der Waals surface area contributed by atoms with Crippen LogP contribution < -0.4 is 21.3 Å². The van der Waals surface area contributed by atoms with Crippen LogP contribution in [0.3, 0.4) is 0 Å². The van der Waals surface area contributed by atoms with Crippen molar-refractivity contribution in [2.24, 2.45) is 28.6 Å². The van der Waals surface area contributed by atoms with Crippen molar-refractivity contribution in [3.63, 3.8) is 0 Å². The van der Waals surface area contributed by atoms with E-state index < -0.39 is 71.5 Å². The molecule has 3 aliphatic rings. The van der Waals surface area contributed by atoms with Gasteiger partial charge in [-0.25, -0.2) is 0 Å². The van der Waals surface area contributed by atoms with E-state index in [4.69, 9.17) is 0 Å². The van der Waals surface area contributed by atoms with Crippen LogP contribution in [0.2, 0.25) is 0 Å². The fourth-order valence-corrected chi connectivity index (χ4v) is 5.95. The Morgan fingerprint density at radius 1 is 1.10 bits per heavy atom. The molecule has 0 aromatic heterocycles. The number of fused-ring (bicyclic) bond motifs is 1. The van der Waals surface area contributed by atoms with Crippen LogP contribution in [0.1, 0.15) is 53.9 Å². The summed E-state index contributed by atoms with van der Waals surface area (Å²) in [6.45, 7) is 9.14. The number of nitrogens with one attached hydrogen (secondary N) is 4. The molecule has 40 heavy (non-hydrogen) atoms. The first-order valence-corrected chi connectivity index (χ1v) is 13.3. The van der Waals surface area contributed by atoms with Gasteiger partial charge in [0, 0.05) is 26.1 Å². The number of carbonyl (C=O) groups excluding carboxylic acids is 6. The van der Waals surface area contributed by atoms with E-state index in [0.29, 0.717) is 13.0 Å². The van der Waals surface area contributed by atoms with Crippen LogP contribution in [0.25, 0.3) is 0 Å². The van der Waals surface area contributed by atoms with Gasteiger partial charge in [0.15, 0.2) is 0 Å². The molecule has 2 aliphatic heterocycles. The van der Waals surface area contributed by atoms with E-state index in [1.54, 1.807) is 20.8 Å². The SMILES string of the molecule is CNC(=O)C(=O)[C@H](C[C@@H]1CCNC1=O)NC(=O)[C@@H]1[C@@H]2[C@H](CN1C(=O)C(NC(=O)CC(F)(F)F)C(C)(C)C)C2(C)C. The van der Waals surface area contributed by atoms with Crippen molar-refractivity contribution < 1.29 is 41.9 Å². The van der Waals surface area contributed by atoms with E-state index in [9.17, 15) is 41.9 Å². The van der Waals surface area contributed by atoms with Gasteiger partial charge >= 0.3 is 6.18 Å². The first-order chi connectivity index (χ1) is 18.3. The molecule has 14 heteroatoms. The van der Waals surface area contributed by atoms with Crippen LogP contribution in [0.5, 0.6) is 0 Å². The molecule has 3 fully saturated rings. The van der Waals surface area contributed by atoms with E-state index >= 15 is 0 Å². The summed E-state index contributed by atoms with van der Waals surface area (Å²) in [5.74, 6) is -5.97. The second kappa shape index (κ2) is 11.0. The Balaban J connectivity index is 1.87. The van der Waals surface area contributed by atoms with Gasteiger partial charge in [-0.05, 0) is 35.5 Å². The smallest absolute Gasteiger partial charge is 0.356 e. The van der Waals surface area contributed by atoms with Crippen molar-refractivity contribution in [3.05, 3.63) is 0 Å². The second-order valence-corrected chi connectivity index (χ2v) is 12.6. The molecular formula is C26H38F3N5O6. The number of ketones is 1. The van der Waals surface area contributed by atoms with Crippen LogP contribution in [0.4, 0.5) is 13.2 Å². The van der Waals surface area contributed by atoms with Gasteiger partial charge in [0.25, 0.3) is 5.91 Å². The van der Waals surface area contributed by atoms with Gasteiger partial charge in [-0.2, -0.15) is 13.2 Å². The summed E-state index contributed by atoms with van der Waals surface area (Å²) in [4.78, 5) is 78.0. The number of hydrogen-bond donors (Lipinski definition) is 4. The molecule has 4 N–H and O–H groups in total. The van der Waals surface area contributed by atoms with Crippen molar-refractivity contribution >= 4 is 35.3 Å². The molecule has 11 nitrogen and oxygen atoms in total. The lowest BCUT2D eigenvalue weighted by Crippen LogP contribution is -2.60. The molecule has 6 atom stereocenters. The Bertz CT molecular complexity index is 1090. The van der Waals surface area contributed by atoms with Crippen LogP contribution >= 0.6 is 0 Å². The Morgan fingerprint density at radius 3 is 2.23 bits per heavy atom. The molecule has 3 rings (SSSR count). The minimum absolute atomic E-state index is 0.0904. The summed E-state index contributed by atoms with van der Waals surface area (Å²) in [5, 5.41) is 9.66. The summed E-state index contributed by atoms with van der Waals surface area (Å²) >= 11 is 0. The van der Waals surface area contributed by atoms with Gasteiger partial charge in [0.1, 0.15) is 18.5 Å². The van der Waals surface area contributed by atoms with Crippen LogP contribution in [0, 0.1) is 28.6 Å². The number of hydrogen-bond acceptors (Lipinski definition) is 6. The zero-order valence-corrected chi connectivity index (χ0v) is 23.5. The number of carbonyl (C=O) groups is 6. The van der Waals surface area contributed by atoms with Gasteiger partial charge in [-0.1, -0.05) is 34.6 Å². The predicted octanol–water partition coefficient (Wildman–Crippen LogP) is 0.279. The topological polar surface area (TPSA) is 154 Å². The number of likely N-dealkylation sites (tertiary alicyclic amines) is 1. The normalized spacial score (nSPS) is 26.7. The third-order valence-corrected chi connectivity index (χ3v) is 8.31. The molecule has 1 aliphatic carbocycles. The lowest BCUT2D eigenvalue weighted by Gasteiger charge is -2.38. The molecule has 0 radical (unpaired) electrons. The summed E-state index contributed by atoms with van der Waals surface area (Å²) in [6, 6.07) is -3.78. The third kappa shape index (κ3) is 6.57. The highest BCUT2D eigenvalue weighted by Crippen LogP contribution is 2.65. The van der Waals surface area contributed by atoms with Gasteiger partial charge in [0.05, 0.1) is 6.04 Å². The molecule has 2 saturated heterocycles. The third-order valence-electron chi connectivity index (χ3n) is 8.31. The lowest BCUT2D eigenvalue weighted by molar-refractivity contribution is -0.157. The molecule has 1 saturated carbocycles. The summed E-state index contributed by atoms with van der Waals surface area (Å²) in [7, 11) is 1.26. The molecular weight excluding hydrogens is 535 g/mol. The highest BCUT2D eigenvalue weighted by Gasteiger charge is 2.70. The van der Waals surface area contributed by atoms with Gasteiger partial charge < -0.3 is 26.2 Å². The predicted molar refractivity (Wildman–Crippen MR) is 135 cm³/mol. The molecule has 1 unspecified atom stereocenters. The number of halogens is 3. The lowest BCUT2D eigenvalue weighted by atomic mass is 9.85. The van der Waals surface area contributed by atoms with E-state index in [1.807, 2.05) is 13.8 Å². The minimum atomic E-state index is -4.76. The number of rotatable bonds is 9.